The summed E-state index contributed by atoms with van der Waals surface area (Å²) in [6.45, 7) is 4.34. The first-order chi connectivity index (χ1) is 15.5. The standard InChI is InChI=1S/C21H18Cl2N8S/c1-2-10-31-18(15-9-8-13(22)11-16(15)23)29-30-21(31)32-12-17-26-19(24)28-20(27-17)25-14-6-4-3-5-7-14/h2-9,11H,1,10,12H2,(H3,24,25,26,27,28). The van der Waals surface area contributed by atoms with Crippen LogP contribution in [0.15, 0.2) is 66.3 Å². The molecule has 0 fully saturated rings. The van der Waals surface area contributed by atoms with Gasteiger partial charge in [0.15, 0.2) is 11.0 Å². The number of nitrogens with two attached hydrogens (primary N) is 1. The molecule has 0 aliphatic heterocycles. The molecule has 0 radical (unpaired) electrons. The second-order valence-electron chi connectivity index (χ2n) is 6.54. The van der Waals surface area contributed by atoms with Gasteiger partial charge in [-0.25, -0.2) is 0 Å². The van der Waals surface area contributed by atoms with E-state index in [0.717, 1.165) is 11.3 Å². The summed E-state index contributed by atoms with van der Waals surface area (Å²) in [6.07, 6.45) is 1.77. The summed E-state index contributed by atoms with van der Waals surface area (Å²) >= 11 is 13.8. The number of nitrogens with zero attached hydrogens (tertiary/aromatic N) is 6. The Balaban J connectivity index is 1.56. The zero-order valence-electron chi connectivity index (χ0n) is 16.7. The van der Waals surface area contributed by atoms with E-state index in [1.807, 2.05) is 41.0 Å². The zero-order chi connectivity index (χ0) is 22.5. The Morgan fingerprint density at radius 2 is 1.88 bits per heavy atom. The Labute approximate surface area is 198 Å². The number of nitrogens with one attached hydrogen (secondary N) is 1. The first-order valence-electron chi connectivity index (χ1n) is 9.48. The monoisotopic (exact) mass is 484 g/mol. The summed E-state index contributed by atoms with van der Waals surface area (Å²) in [5.41, 5.74) is 7.47. The highest BCUT2D eigenvalue weighted by Gasteiger charge is 2.17. The van der Waals surface area contributed by atoms with Gasteiger partial charge in [-0.1, -0.05) is 59.2 Å². The number of halogens is 2. The molecule has 2 aromatic heterocycles. The maximum absolute atomic E-state index is 6.37. The Morgan fingerprint density at radius 3 is 2.62 bits per heavy atom. The summed E-state index contributed by atoms with van der Waals surface area (Å²) in [5.74, 6) is 2.06. The molecule has 0 bridgehead atoms. The summed E-state index contributed by atoms with van der Waals surface area (Å²) < 4.78 is 1.92. The van der Waals surface area contributed by atoms with E-state index in [4.69, 9.17) is 28.9 Å². The number of anilines is 3. The highest BCUT2D eigenvalue weighted by Crippen LogP contribution is 2.32. The Morgan fingerprint density at radius 1 is 1.06 bits per heavy atom. The topological polar surface area (TPSA) is 107 Å². The van der Waals surface area contributed by atoms with Crippen LogP contribution < -0.4 is 11.1 Å². The average Bonchev–Trinajstić information content (AvgIpc) is 3.15. The van der Waals surface area contributed by atoms with Crippen LogP contribution in [-0.4, -0.2) is 29.7 Å². The molecule has 2 heterocycles. The largest absolute Gasteiger partial charge is 0.368 e. The van der Waals surface area contributed by atoms with E-state index in [1.54, 1.807) is 18.2 Å². The highest BCUT2D eigenvalue weighted by atomic mass is 35.5. The Kier molecular flexibility index (Phi) is 6.89. The number of para-hydroxylation sites is 1. The van der Waals surface area contributed by atoms with Crippen molar-refractivity contribution < 1.29 is 0 Å². The van der Waals surface area contributed by atoms with Crippen LogP contribution in [0.5, 0.6) is 0 Å². The third-order valence-corrected chi connectivity index (χ3v) is 5.77. The minimum atomic E-state index is 0.134. The van der Waals surface area contributed by atoms with E-state index in [-0.39, 0.29) is 5.95 Å². The Bertz CT molecular complexity index is 1250. The third-order valence-electron chi connectivity index (χ3n) is 4.26. The number of hydrogen-bond acceptors (Lipinski definition) is 8. The van der Waals surface area contributed by atoms with Gasteiger partial charge in [0.2, 0.25) is 11.9 Å². The number of thioether (sulfide) groups is 1. The molecular formula is C21H18Cl2N8S. The minimum absolute atomic E-state index is 0.134. The van der Waals surface area contributed by atoms with Gasteiger partial charge in [-0.2, -0.15) is 15.0 Å². The fraction of sp³-hybridized carbons (Fsp3) is 0.0952. The fourth-order valence-corrected chi connectivity index (χ4v) is 4.19. The van der Waals surface area contributed by atoms with Gasteiger partial charge in [0.25, 0.3) is 0 Å². The molecule has 8 nitrogen and oxygen atoms in total. The lowest BCUT2D eigenvalue weighted by molar-refractivity contribution is 0.730. The van der Waals surface area contributed by atoms with Crippen molar-refractivity contribution in [2.24, 2.45) is 0 Å². The number of hydrogen-bond donors (Lipinski definition) is 2. The predicted molar refractivity (Wildman–Crippen MR) is 129 cm³/mol. The summed E-state index contributed by atoms with van der Waals surface area (Å²) in [5, 5.41) is 13.5. The molecule has 0 amide bonds. The van der Waals surface area contributed by atoms with Gasteiger partial charge in [-0.05, 0) is 30.3 Å². The number of aromatic nitrogens is 6. The van der Waals surface area contributed by atoms with Crippen LogP contribution in [0, 0.1) is 0 Å². The van der Waals surface area contributed by atoms with Crippen molar-refractivity contribution >= 4 is 52.5 Å². The van der Waals surface area contributed by atoms with Crippen molar-refractivity contribution in [1.29, 1.82) is 0 Å². The molecule has 32 heavy (non-hydrogen) atoms. The average molecular weight is 485 g/mol. The quantitative estimate of drug-likeness (QED) is 0.258. The van der Waals surface area contributed by atoms with Gasteiger partial charge < -0.3 is 11.1 Å². The van der Waals surface area contributed by atoms with Crippen molar-refractivity contribution in [3.63, 3.8) is 0 Å². The molecule has 0 aliphatic carbocycles. The first kappa shape index (κ1) is 22.1. The van der Waals surface area contributed by atoms with Crippen molar-refractivity contribution in [1.82, 2.24) is 29.7 Å². The van der Waals surface area contributed by atoms with Crippen LogP contribution in [0.4, 0.5) is 17.6 Å². The Hall–Kier alpha value is -3.14. The molecule has 2 aromatic carbocycles. The van der Waals surface area contributed by atoms with Crippen LogP contribution in [0.25, 0.3) is 11.4 Å². The normalized spacial score (nSPS) is 10.8. The third kappa shape index (κ3) is 5.18. The fourth-order valence-electron chi connectivity index (χ4n) is 2.90. The zero-order valence-corrected chi connectivity index (χ0v) is 19.1. The van der Waals surface area contributed by atoms with Gasteiger partial charge in [0.1, 0.15) is 5.82 Å². The van der Waals surface area contributed by atoms with Crippen LogP contribution >= 0.6 is 35.0 Å². The van der Waals surface area contributed by atoms with Gasteiger partial charge in [0.05, 0.1) is 10.8 Å². The maximum atomic E-state index is 6.37. The van der Waals surface area contributed by atoms with Crippen molar-refractivity contribution in [3.8, 4) is 11.4 Å². The molecule has 0 saturated carbocycles. The molecular weight excluding hydrogens is 467 g/mol. The second-order valence-corrected chi connectivity index (χ2v) is 8.33. The van der Waals surface area contributed by atoms with E-state index in [9.17, 15) is 0 Å². The smallest absolute Gasteiger partial charge is 0.232 e. The second kappa shape index (κ2) is 9.99. The van der Waals surface area contributed by atoms with Crippen molar-refractivity contribution in [3.05, 3.63) is 77.1 Å². The van der Waals surface area contributed by atoms with Gasteiger partial charge in [-0.3, -0.25) is 4.57 Å². The van der Waals surface area contributed by atoms with E-state index in [2.05, 4.69) is 37.0 Å². The predicted octanol–water partition coefficient (Wildman–Crippen LogP) is 5.24. The highest BCUT2D eigenvalue weighted by molar-refractivity contribution is 7.98. The van der Waals surface area contributed by atoms with Gasteiger partial charge in [0, 0.05) is 22.8 Å². The molecule has 4 aromatic rings. The van der Waals surface area contributed by atoms with E-state index >= 15 is 0 Å². The minimum Gasteiger partial charge on any atom is -0.368 e. The molecule has 162 valence electrons. The SMILES string of the molecule is C=CCn1c(SCc2nc(N)nc(Nc3ccccc3)n2)nnc1-c1ccc(Cl)cc1Cl. The van der Waals surface area contributed by atoms with Crippen molar-refractivity contribution in [2.45, 2.75) is 17.5 Å². The van der Waals surface area contributed by atoms with Crippen LogP contribution in [-0.2, 0) is 12.3 Å². The number of nitrogen functional groups attached to an aromatic ring is 1. The first-order valence-corrected chi connectivity index (χ1v) is 11.2. The van der Waals surface area contributed by atoms with Gasteiger partial charge in [-0.15, -0.1) is 16.8 Å². The molecule has 4 rings (SSSR count). The molecule has 11 heteroatoms. The number of allylic oxidation sites excluding steroid dienone is 1. The molecule has 0 saturated heterocycles. The molecule has 0 unspecified atom stereocenters. The molecule has 0 atom stereocenters. The van der Waals surface area contributed by atoms with Crippen molar-refractivity contribution in [2.75, 3.05) is 11.1 Å². The summed E-state index contributed by atoms with van der Waals surface area (Å²) in [4.78, 5) is 12.9. The van der Waals surface area contributed by atoms with Crippen LogP contribution in [0.3, 0.4) is 0 Å². The lowest BCUT2D eigenvalue weighted by Gasteiger charge is -2.09. The van der Waals surface area contributed by atoms with E-state index in [1.165, 1.54) is 11.8 Å². The number of benzene rings is 2. The number of rotatable bonds is 8. The summed E-state index contributed by atoms with van der Waals surface area (Å²) in [7, 11) is 0. The molecule has 3 N–H and O–H groups in total. The molecule has 0 spiro atoms. The van der Waals surface area contributed by atoms with Crippen LogP contribution in [0.2, 0.25) is 10.0 Å². The lowest BCUT2D eigenvalue weighted by atomic mass is 10.2. The van der Waals surface area contributed by atoms with E-state index in [0.29, 0.717) is 45.1 Å². The summed E-state index contributed by atoms with van der Waals surface area (Å²) in [6, 6.07) is 14.8. The van der Waals surface area contributed by atoms with Gasteiger partial charge >= 0.3 is 0 Å². The lowest BCUT2D eigenvalue weighted by Crippen LogP contribution is -2.07. The molecule has 0 aliphatic rings. The maximum Gasteiger partial charge on any atom is 0.232 e. The van der Waals surface area contributed by atoms with Crippen LogP contribution in [0.1, 0.15) is 5.82 Å². The van der Waals surface area contributed by atoms with E-state index < -0.39 is 0 Å².